The Hall–Kier alpha value is -0.940. The van der Waals surface area contributed by atoms with E-state index in [-0.39, 0.29) is 5.92 Å². The average molecular weight is 249 g/mol. The Kier molecular flexibility index (Phi) is 3.35. The number of hydrogen-bond acceptors (Lipinski definition) is 4. The normalized spacial score (nSPS) is 38.2. The Bertz CT molecular complexity index is 393. The van der Waals surface area contributed by atoms with Crippen LogP contribution in [0.1, 0.15) is 5.56 Å². The van der Waals surface area contributed by atoms with Gasteiger partial charge in [0.1, 0.15) is 6.10 Å². The predicted octanol–water partition coefficient (Wildman–Crippen LogP) is 0.741. The van der Waals surface area contributed by atoms with E-state index in [1.54, 1.807) is 0 Å². The summed E-state index contributed by atoms with van der Waals surface area (Å²) >= 11 is 0. The predicted molar refractivity (Wildman–Crippen MR) is 66.5 cm³/mol. The molecule has 2 fully saturated rings. The fourth-order valence-electron chi connectivity index (χ4n) is 2.93. The lowest BCUT2D eigenvalue weighted by Gasteiger charge is -2.27. The third-order valence-corrected chi connectivity index (χ3v) is 4.05. The molecule has 4 nitrogen and oxygen atoms in total. The molecule has 1 aromatic carbocycles. The van der Waals surface area contributed by atoms with Crippen LogP contribution >= 0.6 is 0 Å². The molecule has 98 valence electrons. The molecule has 3 N–H and O–H groups in total. The Morgan fingerprint density at radius 3 is 2.83 bits per heavy atom. The molecule has 0 spiro atoms. The van der Waals surface area contributed by atoms with Crippen LogP contribution in [0.4, 0.5) is 0 Å². The Morgan fingerprint density at radius 1 is 1.33 bits per heavy atom. The van der Waals surface area contributed by atoms with Gasteiger partial charge in [0.2, 0.25) is 0 Å². The number of hydrogen-bond donors (Lipinski definition) is 2. The van der Waals surface area contributed by atoms with Gasteiger partial charge in [0, 0.05) is 0 Å². The lowest BCUT2D eigenvalue weighted by atomic mass is 10.1. The van der Waals surface area contributed by atoms with Gasteiger partial charge in [-0.15, -0.1) is 0 Å². The molecule has 1 aliphatic carbocycles. The molecule has 0 aromatic heterocycles. The molecular weight excluding hydrogens is 230 g/mol. The summed E-state index contributed by atoms with van der Waals surface area (Å²) in [6, 6.07) is 9.90. The highest BCUT2D eigenvalue weighted by molar-refractivity contribution is 5.13. The maximum Gasteiger partial charge on any atom is 0.184 e. The van der Waals surface area contributed by atoms with Crippen molar-refractivity contribution in [1.82, 2.24) is 0 Å². The van der Waals surface area contributed by atoms with Crippen LogP contribution in [0.5, 0.6) is 0 Å². The zero-order valence-electron chi connectivity index (χ0n) is 10.2. The van der Waals surface area contributed by atoms with Crippen molar-refractivity contribution >= 4 is 0 Å². The van der Waals surface area contributed by atoms with Crippen molar-refractivity contribution in [3.63, 3.8) is 0 Å². The molecule has 1 saturated heterocycles. The van der Waals surface area contributed by atoms with Gasteiger partial charge in [0.25, 0.3) is 0 Å². The zero-order valence-corrected chi connectivity index (χ0v) is 10.2. The highest BCUT2D eigenvalue weighted by atomic mass is 16.7. The number of aliphatic hydroxyl groups is 1. The number of nitrogens with two attached hydrogens (primary N) is 1. The van der Waals surface area contributed by atoms with Gasteiger partial charge in [-0.1, -0.05) is 30.3 Å². The minimum Gasteiger partial charge on any atom is -0.388 e. The summed E-state index contributed by atoms with van der Waals surface area (Å²) < 4.78 is 11.2. The lowest BCUT2D eigenvalue weighted by Crippen LogP contribution is -2.38. The topological polar surface area (TPSA) is 64.7 Å². The van der Waals surface area contributed by atoms with Gasteiger partial charge >= 0.3 is 0 Å². The van der Waals surface area contributed by atoms with E-state index in [9.17, 15) is 5.11 Å². The van der Waals surface area contributed by atoms with E-state index in [0.29, 0.717) is 31.6 Å². The molecule has 3 rings (SSSR count). The number of ether oxygens (including phenoxy) is 2. The van der Waals surface area contributed by atoms with E-state index in [0.717, 1.165) is 5.56 Å². The number of benzene rings is 1. The van der Waals surface area contributed by atoms with Crippen molar-refractivity contribution in [1.29, 1.82) is 0 Å². The van der Waals surface area contributed by atoms with Gasteiger partial charge in [-0.05, 0) is 29.9 Å². The average Bonchev–Trinajstić information content (AvgIpc) is 3.13. The molecule has 0 radical (unpaired) electrons. The number of rotatable bonds is 4. The van der Waals surface area contributed by atoms with Gasteiger partial charge in [0.15, 0.2) is 6.29 Å². The molecule has 0 amide bonds. The van der Waals surface area contributed by atoms with E-state index in [1.807, 2.05) is 30.3 Å². The summed E-state index contributed by atoms with van der Waals surface area (Å²) in [6.45, 7) is 1.75. The Morgan fingerprint density at radius 2 is 2.11 bits per heavy atom. The van der Waals surface area contributed by atoms with Gasteiger partial charge in [-0.3, -0.25) is 0 Å². The zero-order chi connectivity index (χ0) is 12.5. The summed E-state index contributed by atoms with van der Waals surface area (Å²) in [5, 5.41) is 10.2. The minimum atomic E-state index is -0.541. The SMILES string of the molecule is NCC1[C@H]2[C@H](O)[C@@H](OCc3ccccc3)OC[C@@H]12. The molecule has 1 aromatic rings. The molecule has 1 aliphatic heterocycles. The van der Waals surface area contributed by atoms with Gasteiger partial charge < -0.3 is 20.3 Å². The second kappa shape index (κ2) is 4.97. The first-order valence-corrected chi connectivity index (χ1v) is 6.46. The van der Waals surface area contributed by atoms with Crippen molar-refractivity contribution in [2.24, 2.45) is 23.5 Å². The molecule has 1 unspecified atom stereocenters. The van der Waals surface area contributed by atoms with E-state index in [1.165, 1.54) is 0 Å². The molecule has 2 aliphatic rings. The lowest BCUT2D eigenvalue weighted by molar-refractivity contribution is -0.223. The van der Waals surface area contributed by atoms with Crippen LogP contribution in [-0.2, 0) is 16.1 Å². The smallest absolute Gasteiger partial charge is 0.184 e. The van der Waals surface area contributed by atoms with Crippen LogP contribution in [0.15, 0.2) is 30.3 Å². The number of aliphatic hydroxyl groups excluding tert-OH is 1. The van der Waals surface area contributed by atoms with Gasteiger partial charge in [-0.2, -0.15) is 0 Å². The molecule has 1 saturated carbocycles. The summed E-state index contributed by atoms with van der Waals surface area (Å²) in [4.78, 5) is 0. The quantitative estimate of drug-likeness (QED) is 0.826. The maximum atomic E-state index is 10.2. The number of fused-ring (bicyclic) bond motifs is 1. The van der Waals surface area contributed by atoms with Crippen LogP contribution in [0.25, 0.3) is 0 Å². The second-order valence-electron chi connectivity index (χ2n) is 5.13. The fourth-order valence-corrected chi connectivity index (χ4v) is 2.93. The van der Waals surface area contributed by atoms with Gasteiger partial charge in [-0.25, -0.2) is 0 Å². The van der Waals surface area contributed by atoms with E-state index in [2.05, 4.69) is 0 Å². The van der Waals surface area contributed by atoms with Crippen molar-refractivity contribution in [3.8, 4) is 0 Å². The van der Waals surface area contributed by atoms with E-state index < -0.39 is 12.4 Å². The van der Waals surface area contributed by atoms with E-state index in [4.69, 9.17) is 15.2 Å². The van der Waals surface area contributed by atoms with Crippen molar-refractivity contribution in [3.05, 3.63) is 35.9 Å². The van der Waals surface area contributed by atoms with Crippen LogP contribution in [0, 0.1) is 17.8 Å². The first-order chi connectivity index (χ1) is 8.81. The highest BCUT2D eigenvalue weighted by Gasteiger charge is 2.58. The van der Waals surface area contributed by atoms with E-state index >= 15 is 0 Å². The highest BCUT2D eigenvalue weighted by Crippen LogP contribution is 2.52. The minimum absolute atomic E-state index is 0.268. The van der Waals surface area contributed by atoms with Crippen molar-refractivity contribution in [2.75, 3.05) is 13.2 Å². The van der Waals surface area contributed by atoms with Gasteiger partial charge in [0.05, 0.1) is 13.2 Å². The monoisotopic (exact) mass is 249 g/mol. The van der Waals surface area contributed by atoms with Crippen LogP contribution in [-0.4, -0.2) is 30.7 Å². The molecule has 1 heterocycles. The van der Waals surface area contributed by atoms with Crippen molar-refractivity contribution < 1.29 is 14.6 Å². The second-order valence-corrected chi connectivity index (χ2v) is 5.13. The third-order valence-electron chi connectivity index (χ3n) is 4.05. The molecule has 0 bridgehead atoms. The Labute approximate surface area is 107 Å². The maximum absolute atomic E-state index is 10.2. The molecular formula is C14H19NO3. The van der Waals surface area contributed by atoms with Crippen LogP contribution < -0.4 is 5.73 Å². The third kappa shape index (κ3) is 2.17. The largest absolute Gasteiger partial charge is 0.388 e. The first-order valence-electron chi connectivity index (χ1n) is 6.46. The molecule has 4 heteroatoms. The standard InChI is InChI=1S/C14H19NO3/c15-6-10-11-8-18-14(13(16)12(10)11)17-7-9-4-2-1-3-5-9/h1-5,10-14,16H,6-8,15H2/t10?,11-,12+,13-,14-/m0/s1. The molecule has 5 atom stereocenters. The first kappa shape index (κ1) is 12.1. The van der Waals surface area contributed by atoms with Crippen LogP contribution in [0.2, 0.25) is 0 Å². The van der Waals surface area contributed by atoms with Crippen LogP contribution in [0.3, 0.4) is 0 Å². The summed E-state index contributed by atoms with van der Waals surface area (Å²) in [6.07, 6.45) is -1.05. The summed E-state index contributed by atoms with van der Waals surface area (Å²) in [5.74, 6) is 1.11. The Balaban J connectivity index is 1.55. The molecule has 18 heavy (non-hydrogen) atoms. The summed E-state index contributed by atoms with van der Waals surface area (Å²) in [5.41, 5.74) is 6.74. The van der Waals surface area contributed by atoms with Crippen molar-refractivity contribution in [2.45, 2.75) is 19.0 Å². The fraction of sp³-hybridized carbons (Fsp3) is 0.571. The summed E-state index contributed by atoms with van der Waals surface area (Å²) in [7, 11) is 0.